The zero-order valence-corrected chi connectivity index (χ0v) is 13.3. The fourth-order valence-corrected chi connectivity index (χ4v) is 3.46. The van der Waals surface area contributed by atoms with Gasteiger partial charge in [0.05, 0.1) is 20.8 Å². The molecule has 21 heavy (non-hydrogen) atoms. The summed E-state index contributed by atoms with van der Waals surface area (Å²) in [5.41, 5.74) is 5.51. The zero-order valence-electron chi connectivity index (χ0n) is 10.2. The van der Waals surface area contributed by atoms with Crippen molar-refractivity contribution in [3.05, 3.63) is 51.2 Å². The Balaban J connectivity index is 2.51. The van der Waals surface area contributed by atoms with E-state index < -0.39 is 25.8 Å². The van der Waals surface area contributed by atoms with Gasteiger partial charge in [0.15, 0.2) is 5.82 Å². The summed E-state index contributed by atoms with van der Waals surface area (Å²) in [6, 6.07) is 6.44. The van der Waals surface area contributed by atoms with Crippen molar-refractivity contribution in [3.63, 3.8) is 0 Å². The van der Waals surface area contributed by atoms with Crippen molar-refractivity contribution in [2.45, 2.75) is 4.90 Å². The second kappa shape index (κ2) is 5.88. The van der Waals surface area contributed by atoms with Gasteiger partial charge in [-0.25, -0.2) is 12.8 Å². The molecule has 2 aromatic rings. The first-order valence-electron chi connectivity index (χ1n) is 5.43. The predicted molar refractivity (Wildman–Crippen MR) is 83.1 cm³/mol. The van der Waals surface area contributed by atoms with Crippen LogP contribution in [-0.4, -0.2) is 8.42 Å². The van der Waals surface area contributed by atoms with E-state index in [-0.39, 0.29) is 21.4 Å². The highest BCUT2D eigenvalue weighted by Gasteiger charge is 2.23. The minimum Gasteiger partial charge on any atom is -0.399 e. The maximum Gasteiger partial charge on any atom is 0.264 e. The third-order valence-electron chi connectivity index (χ3n) is 2.50. The molecule has 0 unspecified atom stereocenters. The Hall–Kier alpha value is -1.21. The van der Waals surface area contributed by atoms with Crippen molar-refractivity contribution in [1.29, 1.82) is 0 Å². The molecule has 0 aromatic heterocycles. The van der Waals surface area contributed by atoms with Crippen molar-refractivity contribution in [2.24, 2.45) is 0 Å². The maximum atomic E-state index is 13.9. The van der Waals surface area contributed by atoms with Crippen LogP contribution in [-0.2, 0) is 10.0 Å². The van der Waals surface area contributed by atoms with Crippen LogP contribution in [0.4, 0.5) is 15.8 Å². The smallest absolute Gasteiger partial charge is 0.264 e. The van der Waals surface area contributed by atoms with Crippen LogP contribution >= 0.6 is 34.8 Å². The van der Waals surface area contributed by atoms with Crippen molar-refractivity contribution < 1.29 is 12.8 Å². The molecule has 0 saturated carbocycles. The van der Waals surface area contributed by atoms with E-state index in [1.165, 1.54) is 18.2 Å². The lowest BCUT2D eigenvalue weighted by Crippen LogP contribution is -2.15. The number of halogens is 4. The van der Waals surface area contributed by atoms with Crippen LogP contribution in [0.5, 0.6) is 0 Å². The Morgan fingerprint density at radius 2 is 1.76 bits per heavy atom. The van der Waals surface area contributed by atoms with E-state index in [0.717, 1.165) is 12.1 Å². The maximum absolute atomic E-state index is 13.9. The van der Waals surface area contributed by atoms with E-state index in [9.17, 15) is 12.8 Å². The van der Waals surface area contributed by atoms with Gasteiger partial charge in [-0.05, 0) is 24.3 Å². The summed E-state index contributed by atoms with van der Waals surface area (Å²) in [5.74, 6) is -1.10. The first kappa shape index (κ1) is 16.2. The highest BCUT2D eigenvalue weighted by atomic mass is 35.5. The zero-order chi connectivity index (χ0) is 15.8. The summed E-state index contributed by atoms with van der Waals surface area (Å²) in [6.45, 7) is 0. The highest BCUT2D eigenvalue weighted by Crippen LogP contribution is 2.32. The van der Waals surface area contributed by atoms with Crippen LogP contribution in [0.1, 0.15) is 0 Å². The molecule has 0 radical (unpaired) electrons. The summed E-state index contributed by atoms with van der Waals surface area (Å²) >= 11 is 17.3. The van der Waals surface area contributed by atoms with Gasteiger partial charge in [-0.2, -0.15) is 0 Å². The Morgan fingerprint density at radius 3 is 2.43 bits per heavy atom. The average molecular weight is 370 g/mol. The largest absolute Gasteiger partial charge is 0.399 e. The number of sulfonamides is 1. The van der Waals surface area contributed by atoms with Gasteiger partial charge in [-0.1, -0.05) is 40.9 Å². The Labute approximate surface area is 135 Å². The molecule has 0 amide bonds. The number of rotatable bonds is 3. The van der Waals surface area contributed by atoms with Gasteiger partial charge in [0, 0.05) is 5.69 Å². The van der Waals surface area contributed by atoms with Gasteiger partial charge in [-0.3, -0.25) is 4.72 Å². The number of nitrogens with one attached hydrogen (secondary N) is 1. The van der Waals surface area contributed by atoms with Crippen molar-refractivity contribution in [1.82, 2.24) is 0 Å². The van der Waals surface area contributed by atoms with Crippen molar-refractivity contribution in [2.75, 3.05) is 10.5 Å². The van der Waals surface area contributed by atoms with Crippen LogP contribution in [0, 0.1) is 5.82 Å². The molecule has 2 rings (SSSR count). The fourth-order valence-electron chi connectivity index (χ4n) is 1.56. The molecule has 0 aliphatic carbocycles. The minimum atomic E-state index is -4.26. The molecule has 0 aliphatic heterocycles. The summed E-state index contributed by atoms with van der Waals surface area (Å²) < 4.78 is 40.5. The topological polar surface area (TPSA) is 72.2 Å². The Bertz CT molecular complexity index is 812. The number of hydrogen-bond donors (Lipinski definition) is 2. The van der Waals surface area contributed by atoms with Crippen LogP contribution in [0.25, 0.3) is 0 Å². The number of nitrogen functional groups attached to an aromatic ring is 1. The Kier molecular flexibility index (Phi) is 4.53. The monoisotopic (exact) mass is 368 g/mol. The molecular weight excluding hydrogens is 362 g/mol. The molecule has 0 bridgehead atoms. The third kappa shape index (κ3) is 3.35. The summed E-state index contributed by atoms with van der Waals surface area (Å²) in [7, 11) is -4.26. The third-order valence-corrected chi connectivity index (χ3v) is 4.96. The first-order valence-corrected chi connectivity index (χ1v) is 8.05. The van der Waals surface area contributed by atoms with Crippen LogP contribution in [0.2, 0.25) is 15.1 Å². The average Bonchev–Trinajstić information content (AvgIpc) is 2.39. The number of hydrogen-bond acceptors (Lipinski definition) is 3. The molecule has 112 valence electrons. The van der Waals surface area contributed by atoms with Crippen molar-refractivity contribution in [3.8, 4) is 0 Å². The quantitative estimate of drug-likeness (QED) is 0.798. The van der Waals surface area contributed by atoms with Crippen LogP contribution in [0.15, 0.2) is 35.2 Å². The van der Waals surface area contributed by atoms with Gasteiger partial charge in [0.2, 0.25) is 0 Å². The molecule has 0 fully saturated rings. The number of benzene rings is 2. The second-order valence-electron chi connectivity index (χ2n) is 4.02. The molecule has 0 atom stereocenters. The van der Waals surface area contributed by atoms with E-state index >= 15 is 0 Å². The van der Waals surface area contributed by atoms with Gasteiger partial charge in [0.1, 0.15) is 4.90 Å². The highest BCUT2D eigenvalue weighted by molar-refractivity contribution is 7.92. The van der Waals surface area contributed by atoms with Crippen LogP contribution in [0.3, 0.4) is 0 Å². The Morgan fingerprint density at radius 1 is 1.10 bits per heavy atom. The van der Waals surface area contributed by atoms with E-state index in [1.54, 1.807) is 0 Å². The minimum absolute atomic E-state index is 0.00171. The van der Waals surface area contributed by atoms with Gasteiger partial charge in [0.25, 0.3) is 10.0 Å². The normalized spacial score (nSPS) is 11.4. The number of anilines is 2. The van der Waals surface area contributed by atoms with Gasteiger partial charge < -0.3 is 5.73 Å². The van der Waals surface area contributed by atoms with E-state index in [0.29, 0.717) is 0 Å². The summed E-state index contributed by atoms with van der Waals surface area (Å²) in [4.78, 5) is -0.677. The van der Waals surface area contributed by atoms with Gasteiger partial charge >= 0.3 is 0 Å². The number of nitrogens with two attached hydrogens (primary N) is 1. The lowest BCUT2D eigenvalue weighted by atomic mass is 10.3. The first-order chi connectivity index (χ1) is 9.72. The van der Waals surface area contributed by atoms with E-state index in [4.69, 9.17) is 40.5 Å². The molecular formula is C12H8Cl3FN2O2S. The molecule has 0 spiro atoms. The van der Waals surface area contributed by atoms with E-state index in [2.05, 4.69) is 4.72 Å². The summed E-state index contributed by atoms with van der Waals surface area (Å²) in [6.07, 6.45) is 0. The van der Waals surface area contributed by atoms with Crippen LogP contribution < -0.4 is 10.5 Å². The van der Waals surface area contributed by atoms with E-state index in [1.807, 2.05) is 0 Å². The SMILES string of the molecule is Nc1cc(Cl)c(F)c(S(=O)(=O)Nc2cccc(Cl)c2Cl)c1. The molecule has 0 aliphatic rings. The standard InChI is InChI=1S/C12H8Cl3FN2O2S/c13-7-2-1-3-9(11(7)15)18-21(19,20)10-5-6(17)4-8(14)12(10)16/h1-5,18H,17H2. The molecule has 3 N–H and O–H groups in total. The second-order valence-corrected chi connectivity index (χ2v) is 6.86. The predicted octanol–water partition coefficient (Wildman–Crippen LogP) is 4.17. The lowest BCUT2D eigenvalue weighted by Gasteiger charge is -2.12. The van der Waals surface area contributed by atoms with Crippen molar-refractivity contribution >= 4 is 56.2 Å². The molecule has 4 nitrogen and oxygen atoms in total. The molecule has 0 heterocycles. The molecule has 2 aromatic carbocycles. The molecule has 0 saturated heterocycles. The molecule has 9 heteroatoms. The summed E-state index contributed by atoms with van der Waals surface area (Å²) in [5, 5.41) is -0.242. The lowest BCUT2D eigenvalue weighted by molar-refractivity contribution is 0.571. The fraction of sp³-hybridized carbons (Fsp3) is 0. The van der Waals surface area contributed by atoms with Gasteiger partial charge in [-0.15, -0.1) is 0 Å².